The van der Waals surface area contributed by atoms with Gasteiger partial charge in [0.1, 0.15) is 11.5 Å². The second-order valence-electron chi connectivity index (χ2n) is 9.29. The third-order valence-corrected chi connectivity index (χ3v) is 6.84. The van der Waals surface area contributed by atoms with Gasteiger partial charge in [0, 0.05) is 38.8 Å². The first-order valence-electron chi connectivity index (χ1n) is 11.5. The molecule has 1 aromatic carbocycles. The number of likely N-dealkylation sites (tertiary alicyclic amines) is 1. The first-order valence-corrected chi connectivity index (χ1v) is 11.5. The number of nitrogens with zero attached hydrogens (tertiary/aromatic N) is 5. The highest BCUT2D eigenvalue weighted by Crippen LogP contribution is 2.33. The van der Waals surface area contributed by atoms with Gasteiger partial charge in [-0.25, -0.2) is 14.4 Å². The zero-order chi connectivity index (χ0) is 24.0. The Labute approximate surface area is 197 Å². The van der Waals surface area contributed by atoms with Crippen LogP contribution in [0.2, 0.25) is 0 Å². The van der Waals surface area contributed by atoms with E-state index in [2.05, 4.69) is 20.6 Å². The molecule has 0 saturated carbocycles. The van der Waals surface area contributed by atoms with E-state index in [-0.39, 0.29) is 30.0 Å². The topological polar surface area (TPSA) is 81.9 Å². The lowest BCUT2D eigenvalue weighted by molar-refractivity contribution is -0.133. The molecule has 5 rings (SSSR count). The summed E-state index contributed by atoms with van der Waals surface area (Å²) in [4.78, 5) is 33.6. The fraction of sp³-hybridized carbons (Fsp3) is 0.400. The Hall–Kier alpha value is -3.30. The normalized spacial score (nSPS) is 18.5. The van der Waals surface area contributed by atoms with E-state index in [1.54, 1.807) is 37.3 Å². The molecule has 1 fully saturated rings. The monoisotopic (exact) mass is 465 g/mol. The molecule has 34 heavy (non-hydrogen) atoms. The van der Waals surface area contributed by atoms with Crippen molar-refractivity contribution in [3.8, 4) is 0 Å². The summed E-state index contributed by atoms with van der Waals surface area (Å²) in [5.74, 6) is -0.681. The van der Waals surface area contributed by atoms with Crippen LogP contribution in [0.5, 0.6) is 0 Å². The standard InChI is InChI=1S/C25H28FN5O3/c1-28(2)24(32)20-4-3-10-29(20)14-17-15-30(13-16-5-7-18(26)8-6-16)21-12-27-23-19(22(17)21)9-11-31(34)25(23)33/h5-8,12,15,20,34H,3-4,9-11,13-14H2,1-2H3/t20-/m0/s1. The van der Waals surface area contributed by atoms with Crippen LogP contribution in [0.15, 0.2) is 36.7 Å². The van der Waals surface area contributed by atoms with Crippen molar-refractivity contribution in [1.29, 1.82) is 0 Å². The van der Waals surface area contributed by atoms with Gasteiger partial charge in [-0.15, -0.1) is 0 Å². The Morgan fingerprint density at radius 3 is 2.71 bits per heavy atom. The van der Waals surface area contributed by atoms with Crippen molar-refractivity contribution in [2.24, 2.45) is 0 Å². The maximum Gasteiger partial charge on any atom is 0.296 e. The molecule has 1 saturated heterocycles. The number of hydroxylamine groups is 2. The van der Waals surface area contributed by atoms with Gasteiger partial charge in [-0.05, 0) is 54.6 Å². The molecule has 9 heteroatoms. The van der Waals surface area contributed by atoms with Crippen molar-refractivity contribution < 1.29 is 19.2 Å². The number of hydrogen-bond acceptors (Lipinski definition) is 5. The number of halogens is 1. The van der Waals surface area contributed by atoms with Crippen LogP contribution in [-0.2, 0) is 24.3 Å². The Kier molecular flexibility index (Phi) is 5.83. The van der Waals surface area contributed by atoms with Crippen molar-refractivity contribution in [3.63, 3.8) is 0 Å². The van der Waals surface area contributed by atoms with Crippen LogP contribution in [0.1, 0.15) is 40.0 Å². The number of likely N-dealkylation sites (N-methyl/N-ethyl adjacent to an activating group) is 1. The molecule has 0 unspecified atom stereocenters. The van der Waals surface area contributed by atoms with Gasteiger partial charge < -0.3 is 9.47 Å². The van der Waals surface area contributed by atoms with Crippen LogP contribution in [0, 0.1) is 5.82 Å². The van der Waals surface area contributed by atoms with Crippen LogP contribution in [0.3, 0.4) is 0 Å². The minimum Gasteiger partial charge on any atom is -0.347 e. The number of aromatic nitrogens is 2. The summed E-state index contributed by atoms with van der Waals surface area (Å²) >= 11 is 0. The van der Waals surface area contributed by atoms with Gasteiger partial charge in [-0.2, -0.15) is 0 Å². The number of hydrogen-bond donors (Lipinski definition) is 1. The van der Waals surface area contributed by atoms with E-state index in [1.165, 1.54) is 12.1 Å². The van der Waals surface area contributed by atoms with Gasteiger partial charge in [0.25, 0.3) is 5.91 Å². The minimum absolute atomic E-state index is 0.0994. The van der Waals surface area contributed by atoms with Gasteiger partial charge in [-0.1, -0.05) is 12.1 Å². The molecular formula is C25H28FN5O3. The van der Waals surface area contributed by atoms with Crippen molar-refractivity contribution in [1.82, 2.24) is 24.4 Å². The first kappa shape index (κ1) is 22.5. The van der Waals surface area contributed by atoms with E-state index < -0.39 is 5.91 Å². The Bertz CT molecular complexity index is 1250. The van der Waals surface area contributed by atoms with Crippen LogP contribution < -0.4 is 0 Å². The molecule has 2 aromatic heterocycles. The highest BCUT2D eigenvalue weighted by Gasteiger charge is 2.33. The predicted octanol–water partition coefficient (Wildman–Crippen LogP) is 2.66. The lowest BCUT2D eigenvalue weighted by Crippen LogP contribution is -2.42. The van der Waals surface area contributed by atoms with Gasteiger partial charge in [0.2, 0.25) is 5.91 Å². The summed E-state index contributed by atoms with van der Waals surface area (Å²) in [7, 11) is 3.56. The molecule has 1 atom stereocenters. The van der Waals surface area contributed by atoms with Crippen LogP contribution in [-0.4, -0.2) is 74.7 Å². The van der Waals surface area contributed by atoms with Crippen molar-refractivity contribution >= 4 is 22.7 Å². The largest absolute Gasteiger partial charge is 0.347 e. The van der Waals surface area contributed by atoms with Gasteiger partial charge in [-0.3, -0.25) is 19.7 Å². The minimum atomic E-state index is -0.498. The molecule has 2 amide bonds. The molecule has 178 valence electrons. The quantitative estimate of drug-likeness (QED) is 0.586. The molecule has 1 N–H and O–H groups in total. The first-order chi connectivity index (χ1) is 16.3. The van der Waals surface area contributed by atoms with E-state index >= 15 is 0 Å². The van der Waals surface area contributed by atoms with E-state index in [4.69, 9.17) is 0 Å². The average Bonchev–Trinajstić information content (AvgIpc) is 3.42. The summed E-state index contributed by atoms with van der Waals surface area (Å²) < 4.78 is 15.5. The zero-order valence-electron chi connectivity index (χ0n) is 19.4. The summed E-state index contributed by atoms with van der Waals surface area (Å²) in [6.45, 7) is 2.13. The van der Waals surface area contributed by atoms with Crippen LogP contribution in [0.4, 0.5) is 4.39 Å². The van der Waals surface area contributed by atoms with E-state index in [1.807, 2.05) is 0 Å². The Morgan fingerprint density at radius 1 is 1.21 bits per heavy atom. The summed E-state index contributed by atoms with van der Waals surface area (Å²) in [5, 5.41) is 11.6. The van der Waals surface area contributed by atoms with Crippen molar-refractivity contribution in [2.45, 2.75) is 38.4 Å². The third kappa shape index (κ3) is 3.95. The second-order valence-corrected chi connectivity index (χ2v) is 9.29. The molecule has 4 heterocycles. The molecule has 2 aliphatic rings. The smallest absolute Gasteiger partial charge is 0.296 e. The number of rotatable bonds is 5. The SMILES string of the molecule is CN(C)C(=O)[C@@H]1CCCN1Cc1cn(Cc2ccc(F)cc2)c2cnc3c(c12)CCN(O)C3=O. The number of fused-ring (bicyclic) bond motifs is 3. The maximum absolute atomic E-state index is 13.4. The fourth-order valence-electron chi connectivity index (χ4n) is 5.16. The highest BCUT2D eigenvalue weighted by molar-refractivity contribution is 6.00. The molecule has 3 aromatic rings. The molecule has 0 spiro atoms. The Balaban J connectivity index is 1.58. The molecular weight excluding hydrogens is 437 g/mol. The maximum atomic E-state index is 13.4. The van der Waals surface area contributed by atoms with Crippen molar-refractivity contribution in [2.75, 3.05) is 27.2 Å². The lowest BCUT2D eigenvalue weighted by atomic mass is 9.98. The van der Waals surface area contributed by atoms with Crippen molar-refractivity contribution in [3.05, 3.63) is 64.9 Å². The molecule has 8 nitrogen and oxygen atoms in total. The molecule has 0 aliphatic carbocycles. The van der Waals surface area contributed by atoms with Crippen LogP contribution >= 0.6 is 0 Å². The van der Waals surface area contributed by atoms with Gasteiger partial charge in [0.05, 0.1) is 24.3 Å². The van der Waals surface area contributed by atoms with Gasteiger partial charge >= 0.3 is 0 Å². The number of benzene rings is 1. The van der Waals surface area contributed by atoms with E-state index in [0.717, 1.165) is 47.0 Å². The molecule has 0 bridgehead atoms. The van der Waals surface area contributed by atoms with Crippen LogP contribution in [0.25, 0.3) is 10.9 Å². The Morgan fingerprint density at radius 2 is 1.97 bits per heavy atom. The average molecular weight is 466 g/mol. The second kappa shape index (κ2) is 8.81. The summed E-state index contributed by atoms with van der Waals surface area (Å²) in [6, 6.07) is 6.23. The number of amides is 2. The number of pyridine rings is 1. The molecule has 2 aliphatic heterocycles. The predicted molar refractivity (Wildman–Crippen MR) is 124 cm³/mol. The molecule has 0 radical (unpaired) electrons. The lowest BCUT2D eigenvalue weighted by Gasteiger charge is -2.26. The highest BCUT2D eigenvalue weighted by atomic mass is 19.1. The number of carbonyl (C=O) groups is 2. The number of carbonyl (C=O) groups excluding carboxylic acids is 2. The summed E-state index contributed by atoms with van der Waals surface area (Å²) in [5.41, 5.74) is 3.95. The third-order valence-electron chi connectivity index (χ3n) is 6.84. The van der Waals surface area contributed by atoms with E-state index in [9.17, 15) is 19.2 Å². The fourth-order valence-corrected chi connectivity index (χ4v) is 5.16. The zero-order valence-corrected chi connectivity index (χ0v) is 19.4. The van der Waals surface area contributed by atoms with Gasteiger partial charge in [0.15, 0.2) is 0 Å². The van der Waals surface area contributed by atoms with E-state index in [0.29, 0.717) is 24.6 Å². The summed E-state index contributed by atoms with van der Waals surface area (Å²) in [6.07, 6.45) is 6.00.